The predicted molar refractivity (Wildman–Crippen MR) is 259 cm³/mol. The molecular weight excluding hydrogens is 753 g/mol. The number of rotatable bonds is 6. The van der Waals surface area contributed by atoms with Gasteiger partial charge in [-0.3, -0.25) is 0 Å². The van der Waals surface area contributed by atoms with E-state index >= 15 is 0 Å². The van der Waals surface area contributed by atoms with Gasteiger partial charge < -0.3 is 21.3 Å². The Kier molecular flexibility index (Phi) is 11.1. The summed E-state index contributed by atoms with van der Waals surface area (Å²) in [4.78, 5) is 0. The predicted octanol–water partition coefficient (Wildman–Crippen LogP) is 11.6. The van der Waals surface area contributed by atoms with Crippen LogP contribution in [-0.4, -0.2) is 48.3 Å². The third kappa shape index (κ3) is 7.29. The number of fused-ring (bicyclic) bond motifs is 12. The number of hydrogen-bond acceptors (Lipinski definition) is 4. The first-order chi connectivity index (χ1) is 29.9. The van der Waals surface area contributed by atoms with Crippen molar-refractivity contribution in [1.82, 2.24) is 21.3 Å². The van der Waals surface area contributed by atoms with Crippen molar-refractivity contribution in [2.24, 2.45) is 59.2 Å². The maximum atomic E-state index is 4.80. The number of allylic oxidation sites excluding steroid dienone is 4. The molecule has 5 aliphatic heterocycles. The van der Waals surface area contributed by atoms with E-state index in [1.807, 2.05) is 0 Å². The molecule has 20 atom stereocenters. The molecule has 62 heavy (non-hydrogen) atoms. The van der Waals surface area contributed by atoms with E-state index in [4.69, 9.17) is 10.6 Å². The second-order valence-electron chi connectivity index (χ2n) is 25.1. The van der Waals surface area contributed by atoms with Crippen LogP contribution in [0.1, 0.15) is 167 Å². The third-order valence-corrected chi connectivity index (χ3v) is 19.8. The summed E-state index contributed by atoms with van der Waals surface area (Å²) in [7, 11) is 0. The highest BCUT2D eigenvalue weighted by Crippen LogP contribution is 2.60. The fraction of sp³-hybridized carbons (Fsp3) is 0.724. The summed E-state index contributed by atoms with van der Waals surface area (Å²) in [5, 5.41) is 18.7. The Morgan fingerprint density at radius 2 is 0.758 bits per heavy atom. The minimum atomic E-state index is 0.157. The van der Waals surface area contributed by atoms with E-state index in [-0.39, 0.29) is 10.8 Å². The van der Waals surface area contributed by atoms with Crippen LogP contribution in [0.4, 0.5) is 0 Å². The first kappa shape index (κ1) is 42.4. The molecule has 4 N–H and O–H groups in total. The van der Waals surface area contributed by atoms with E-state index in [1.54, 1.807) is 11.1 Å². The largest absolute Gasteiger partial charge is 0.309 e. The zero-order chi connectivity index (χ0) is 42.7. The molecule has 2 saturated carbocycles. The smallest absolute Gasteiger partial charge is 0.0264 e. The maximum absolute atomic E-state index is 4.80. The van der Waals surface area contributed by atoms with E-state index in [2.05, 4.69) is 139 Å². The van der Waals surface area contributed by atoms with Crippen molar-refractivity contribution < 1.29 is 0 Å². The zero-order valence-electron chi connectivity index (χ0n) is 40.0. The molecule has 6 aliphatic carbocycles. The average Bonchev–Trinajstić information content (AvgIpc) is 4.07. The molecule has 7 fully saturated rings. The van der Waals surface area contributed by atoms with Crippen LogP contribution in [0.2, 0.25) is 0 Å². The molecular formula is C58H84N4. The molecule has 336 valence electrons. The monoisotopic (exact) mass is 837 g/mol. The number of benzene rings is 2. The molecule has 11 aliphatic rings. The van der Waals surface area contributed by atoms with E-state index < -0.39 is 0 Å². The van der Waals surface area contributed by atoms with Gasteiger partial charge in [-0.1, -0.05) is 141 Å². The van der Waals surface area contributed by atoms with Gasteiger partial charge in [-0.25, -0.2) is 0 Å². The Hall–Kier alpha value is -2.24. The highest BCUT2D eigenvalue weighted by Gasteiger charge is 2.63. The van der Waals surface area contributed by atoms with Crippen molar-refractivity contribution in [3.8, 4) is 0 Å². The average molecular weight is 837 g/mol. The van der Waals surface area contributed by atoms with Crippen molar-refractivity contribution >= 4 is 0 Å². The van der Waals surface area contributed by atoms with Crippen LogP contribution in [-0.2, 0) is 10.8 Å². The minimum absolute atomic E-state index is 0.157. The van der Waals surface area contributed by atoms with Gasteiger partial charge in [-0.15, -0.1) is 0 Å². The molecule has 5 saturated heterocycles. The van der Waals surface area contributed by atoms with E-state index in [0.717, 1.165) is 11.8 Å². The van der Waals surface area contributed by atoms with Crippen LogP contribution in [0, 0.1) is 59.2 Å². The molecule has 4 nitrogen and oxygen atoms in total. The summed E-state index contributed by atoms with van der Waals surface area (Å²) in [6.07, 6.45) is 26.8. The maximum Gasteiger partial charge on any atom is 0.0264 e. The second-order valence-corrected chi connectivity index (χ2v) is 25.1. The number of nitrogens with one attached hydrogen (secondary N) is 4. The lowest BCUT2D eigenvalue weighted by Gasteiger charge is -2.48. The van der Waals surface area contributed by atoms with Crippen molar-refractivity contribution in [2.75, 3.05) is 0 Å². The van der Waals surface area contributed by atoms with Crippen LogP contribution < -0.4 is 21.3 Å². The molecule has 0 aromatic heterocycles. The normalized spacial score (nSPS) is 45.4. The Morgan fingerprint density at radius 1 is 0.419 bits per heavy atom. The van der Waals surface area contributed by atoms with Crippen molar-refractivity contribution in [2.45, 2.75) is 203 Å². The zero-order valence-corrected chi connectivity index (χ0v) is 40.0. The van der Waals surface area contributed by atoms with E-state index in [9.17, 15) is 0 Å². The first-order valence-corrected chi connectivity index (χ1v) is 26.5. The Morgan fingerprint density at radius 3 is 1.06 bits per heavy atom. The number of hydrogen-bond donors (Lipinski definition) is 4. The molecule has 0 radical (unpaired) electrons. The highest BCUT2D eigenvalue weighted by atomic mass is 15.2. The van der Waals surface area contributed by atoms with Crippen molar-refractivity contribution in [1.29, 1.82) is 0 Å². The van der Waals surface area contributed by atoms with Gasteiger partial charge in [0.25, 0.3) is 0 Å². The summed E-state index contributed by atoms with van der Waals surface area (Å²) >= 11 is 0. The van der Waals surface area contributed by atoms with Crippen LogP contribution in [0.25, 0.3) is 0 Å². The van der Waals surface area contributed by atoms with Gasteiger partial charge >= 0.3 is 0 Å². The molecule has 5 heterocycles. The Labute approximate surface area is 377 Å². The Bertz CT molecular complexity index is 1810. The third-order valence-electron chi connectivity index (χ3n) is 19.8. The molecule has 12 bridgehead atoms. The fourth-order valence-electron chi connectivity index (χ4n) is 16.9. The Balaban J connectivity index is 1.06. The van der Waals surface area contributed by atoms with E-state index in [0.29, 0.717) is 108 Å². The lowest BCUT2D eigenvalue weighted by atomic mass is 9.55. The molecule has 0 amide bonds. The lowest BCUT2D eigenvalue weighted by molar-refractivity contribution is 0.0852. The van der Waals surface area contributed by atoms with Gasteiger partial charge in [-0.2, -0.15) is 0 Å². The van der Waals surface area contributed by atoms with Gasteiger partial charge in [0.2, 0.25) is 0 Å². The standard InChI is InChI=1S/C58H84N4/c1-9-11-39-29-47-48-30-40(12-10-2)46(60-48)32-44(34-23-27-42(28-24-34)58(6,7)8)54-50-36-15-19-38(20-16-36)52(50)56(62-54)55-51-37-17-13-35(14-18-37)49(51)53(61-55)43(31-45(39)59-47)33-21-25-41(26-22-33)57(3,4)5/h13,15,17,19,21-28,35-40,43-56,59-62H,9-12,14,16,18,20,29-32H2,1-8H3. The quantitative estimate of drug-likeness (QED) is 0.219. The fourth-order valence-corrected chi connectivity index (χ4v) is 16.9. The molecule has 13 rings (SSSR count). The van der Waals surface area contributed by atoms with E-state index in [1.165, 1.54) is 88.2 Å². The van der Waals surface area contributed by atoms with Gasteiger partial charge in [0, 0.05) is 60.2 Å². The van der Waals surface area contributed by atoms with Gasteiger partial charge in [0.15, 0.2) is 0 Å². The van der Waals surface area contributed by atoms with Crippen LogP contribution in [0.3, 0.4) is 0 Å². The lowest BCUT2D eigenvalue weighted by Crippen LogP contribution is -2.54. The summed E-state index contributed by atoms with van der Waals surface area (Å²) < 4.78 is 0. The topological polar surface area (TPSA) is 48.1 Å². The van der Waals surface area contributed by atoms with Crippen molar-refractivity contribution in [3.63, 3.8) is 0 Å². The van der Waals surface area contributed by atoms with Crippen LogP contribution >= 0.6 is 0 Å². The van der Waals surface area contributed by atoms with Crippen LogP contribution in [0.15, 0.2) is 72.8 Å². The summed E-state index contributed by atoms with van der Waals surface area (Å²) in [5.74, 6) is 8.12. The van der Waals surface area contributed by atoms with Gasteiger partial charge in [0.05, 0.1) is 0 Å². The summed E-state index contributed by atoms with van der Waals surface area (Å²) in [5.41, 5.74) is 6.43. The molecule has 20 unspecified atom stereocenters. The van der Waals surface area contributed by atoms with Gasteiger partial charge in [0.1, 0.15) is 0 Å². The van der Waals surface area contributed by atoms with Crippen molar-refractivity contribution in [3.05, 3.63) is 95.1 Å². The highest BCUT2D eigenvalue weighted by molar-refractivity contribution is 5.36. The summed E-state index contributed by atoms with van der Waals surface area (Å²) in [6, 6.07) is 24.6. The minimum Gasteiger partial charge on any atom is -0.309 e. The van der Waals surface area contributed by atoms with Crippen LogP contribution in [0.5, 0.6) is 0 Å². The van der Waals surface area contributed by atoms with Gasteiger partial charge in [-0.05, 0) is 156 Å². The summed E-state index contributed by atoms with van der Waals surface area (Å²) in [6.45, 7) is 19.2. The molecule has 4 heteroatoms. The SMILES string of the molecule is CCCC1CC2NC1CC(c1ccc(C(C)(C)C)cc1)C1NC(C3NC(C(c4ccc(C(C)(C)C)cc4)CC4NC2CC4CCC)C2C4C=CC(CC4)C32)C2C3C=CC(CC3)C12. The molecule has 2 aromatic rings. The second kappa shape index (κ2) is 16.3. The molecule has 2 aromatic carbocycles. The first-order valence-electron chi connectivity index (χ1n) is 26.5. The molecule has 0 spiro atoms.